The van der Waals surface area contributed by atoms with Crippen molar-refractivity contribution in [3.8, 4) is 5.75 Å². The van der Waals surface area contributed by atoms with Crippen molar-refractivity contribution in [2.24, 2.45) is 5.10 Å². The molecule has 0 fully saturated rings. The second kappa shape index (κ2) is 6.72. The number of halogens is 1. The minimum Gasteiger partial charge on any atom is -1.00 e. The molecule has 5 heteroatoms. The van der Waals surface area contributed by atoms with Crippen LogP contribution in [0.2, 0.25) is 0 Å². The van der Waals surface area contributed by atoms with E-state index >= 15 is 0 Å². The number of hydrogen-bond donors (Lipinski definition) is 2. The lowest BCUT2D eigenvalue weighted by molar-refractivity contribution is -0.344. The molecule has 0 radical (unpaired) electrons. The first-order valence-corrected chi connectivity index (χ1v) is 6.31. The summed E-state index contributed by atoms with van der Waals surface area (Å²) in [6, 6.07) is 17.0. The molecule has 0 aliphatic carbocycles. The highest BCUT2D eigenvalue weighted by molar-refractivity contribution is 5.88. The van der Waals surface area contributed by atoms with Crippen LogP contribution in [0.25, 0.3) is 10.9 Å². The highest BCUT2D eigenvalue weighted by atomic mass is 35.5. The summed E-state index contributed by atoms with van der Waals surface area (Å²) in [5, 5.41) is 14.9. The predicted molar refractivity (Wildman–Crippen MR) is 79.8 cm³/mol. The molecule has 0 saturated carbocycles. The van der Waals surface area contributed by atoms with Crippen molar-refractivity contribution >= 4 is 22.8 Å². The highest BCUT2D eigenvalue weighted by Crippen LogP contribution is 2.18. The number of aromatic amines is 1. The van der Waals surface area contributed by atoms with Gasteiger partial charge >= 0.3 is 0 Å². The van der Waals surface area contributed by atoms with Crippen molar-refractivity contribution in [2.75, 3.05) is 5.43 Å². The van der Waals surface area contributed by atoms with E-state index in [9.17, 15) is 5.11 Å². The molecular formula is C16H14ClN3O. The Balaban J connectivity index is 0.00000161. The summed E-state index contributed by atoms with van der Waals surface area (Å²) in [7, 11) is 0. The molecule has 0 aliphatic heterocycles. The zero-order chi connectivity index (χ0) is 13.8. The summed E-state index contributed by atoms with van der Waals surface area (Å²) in [5.74, 6) is 0.211. The fraction of sp³-hybridized carbons (Fsp3) is 0. The first-order chi connectivity index (χ1) is 9.84. The molecule has 4 nitrogen and oxygen atoms in total. The van der Waals surface area contributed by atoms with Gasteiger partial charge in [0.05, 0.1) is 6.21 Å². The second-order valence-corrected chi connectivity index (χ2v) is 4.37. The van der Waals surface area contributed by atoms with Crippen LogP contribution in [0.5, 0.6) is 5.75 Å². The fourth-order valence-electron chi connectivity index (χ4n) is 2.01. The average molecular weight is 300 g/mol. The van der Waals surface area contributed by atoms with Crippen LogP contribution >= 0.6 is 0 Å². The maximum atomic E-state index is 9.65. The van der Waals surface area contributed by atoms with E-state index in [1.807, 2.05) is 42.6 Å². The van der Waals surface area contributed by atoms with Crippen LogP contribution in [0, 0.1) is 0 Å². The topological polar surface area (TPSA) is 58.8 Å². The van der Waals surface area contributed by atoms with Gasteiger partial charge in [-0.05, 0) is 30.3 Å². The third kappa shape index (κ3) is 3.30. The highest BCUT2D eigenvalue weighted by Gasteiger charge is 2.05. The molecule has 21 heavy (non-hydrogen) atoms. The van der Waals surface area contributed by atoms with Crippen molar-refractivity contribution in [1.29, 1.82) is 0 Å². The number of nitrogens with one attached hydrogen (secondary N) is 2. The smallest absolute Gasteiger partial charge is 0.236 e. The third-order valence-corrected chi connectivity index (χ3v) is 3.02. The molecule has 0 aliphatic rings. The quantitative estimate of drug-likeness (QED) is 0.520. The van der Waals surface area contributed by atoms with E-state index in [2.05, 4.69) is 15.5 Å². The second-order valence-electron chi connectivity index (χ2n) is 4.37. The predicted octanol–water partition coefficient (Wildman–Crippen LogP) is -0.191. The van der Waals surface area contributed by atoms with E-state index in [0.717, 1.165) is 16.6 Å². The number of rotatable bonds is 3. The SMILES string of the molecule is Oc1ccccc1/C=N/Nc1cccc2ccc[nH+]c12.[Cl-]. The van der Waals surface area contributed by atoms with E-state index in [1.54, 1.807) is 24.4 Å². The molecule has 3 N–H and O–H groups in total. The monoisotopic (exact) mass is 299 g/mol. The molecular weight excluding hydrogens is 286 g/mol. The maximum Gasteiger partial charge on any atom is 0.236 e. The molecule has 3 rings (SSSR count). The fourth-order valence-corrected chi connectivity index (χ4v) is 2.01. The molecule has 0 spiro atoms. The van der Waals surface area contributed by atoms with Crippen molar-refractivity contribution in [3.63, 3.8) is 0 Å². The number of aromatic hydroxyl groups is 1. The standard InChI is InChI=1S/C16H13N3O.ClH/c20-15-9-2-1-5-13(15)11-18-19-14-8-3-6-12-7-4-10-17-16(12)14;/h1-11,19-20H;1H/b18-11+;. The first-order valence-electron chi connectivity index (χ1n) is 6.31. The summed E-state index contributed by atoms with van der Waals surface area (Å²) in [6.07, 6.45) is 3.47. The van der Waals surface area contributed by atoms with Gasteiger partial charge in [-0.15, -0.1) is 0 Å². The number of para-hydroxylation sites is 2. The summed E-state index contributed by atoms with van der Waals surface area (Å²) in [6.45, 7) is 0. The Hall–Kier alpha value is -2.59. The Bertz CT molecular complexity index is 769. The van der Waals surface area contributed by atoms with Gasteiger partial charge in [0.2, 0.25) is 5.52 Å². The minimum absolute atomic E-state index is 0. The van der Waals surface area contributed by atoms with Crippen molar-refractivity contribution in [2.45, 2.75) is 0 Å². The number of phenols is 1. The molecule has 0 amide bonds. The van der Waals surface area contributed by atoms with Gasteiger partial charge in [-0.3, -0.25) is 5.43 Å². The molecule has 3 aromatic rings. The Morgan fingerprint density at radius 2 is 1.81 bits per heavy atom. The maximum absolute atomic E-state index is 9.65. The summed E-state index contributed by atoms with van der Waals surface area (Å²) in [4.78, 5) is 3.19. The number of nitrogens with zero attached hydrogens (tertiary/aromatic N) is 1. The van der Waals surface area contributed by atoms with Gasteiger partial charge in [-0.25, -0.2) is 4.98 Å². The van der Waals surface area contributed by atoms with Gasteiger partial charge in [-0.1, -0.05) is 18.2 Å². The van der Waals surface area contributed by atoms with Crippen LogP contribution < -0.4 is 22.8 Å². The molecule has 1 aromatic heterocycles. The first kappa shape index (κ1) is 14.8. The number of phenolic OH excluding ortho intramolecular Hbond substituents is 1. The molecule has 2 aromatic carbocycles. The number of pyridine rings is 1. The molecule has 0 bridgehead atoms. The van der Waals surface area contributed by atoms with E-state index in [0.29, 0.717) is 5.56 Å². The van der Waals surface area contributed by atoms with Gasteiger partial charge in [0.25, 0.3) is 0 Å². The van der Waals surface area contributed by atoms with E-state index < -0.39 is 0 Å². The van der Waals surface area contributed by atoms with Gasteiger partial charge < -0.3 is 17.5 Å². The van der Waals surface area contributed by atoms with E-state index in [1.165, 1.54) is 0 Å². The Labute approximate surface area is 128 Å². The molecule has 1 heterocycles. The number of hydrazone groups is 1. The van der Waals surface area contributed by atoms with Crippen LogP contribution in [0.1, 0.15) is 5.56 Å². The van der Waals surface area contributed by atoms with E-state index in [4.69, 9.17) is 0 Å². The molecule has 0 saturated heterocycles. The number of benzene rings is 2. The lowest BCUT2D eigenvalue weighted by atomic mass is 10.2. The number of H-pyrrole nitrogens is 1. The molecule has 106 valence electrons. The zero-order valence-corrected chi connectivity index (χ0v) is 11.9. The largest absolute Gasteiger partial charge is 1.00 e. The summed E-state index contributed by atoms with van der Waals surface area (Å²) < 4.78 is 0. The van der Waals surface area contributed by atoms with Crippen LogP contribution in [0.4, 0.5) is 5.69 Å². The van der Waals surface area contributed by atoms with Crippen LogP contribution in [0.3, 0.4) is 0 Å². The molecule has 0 unspecified atom stereocenters. The summed E-state index contributed by atoms with van der Waals surface area (Å²) in [5.41, 5.74) is 5.54. The Morgan fingerprint density at radius 1 is 1.00 bits per heavy atom. The van der Waals surface area contributed by atoms with E-state index in [-0.39, 0.29) is 18.2 Å². The number of aromatic nitrogens is 1. The van der Waals surface area contributed by atoms with Gasteiger partial charge in [0.15, 0.2) is 6.20 Å². The van der Waals surface area contributed by atoms with Gasteiger partial charge in [0, 0.05) is 17.0 Å². The summed E-state index contributed by atoms with van der Waals surface area (Å²) >= 11 is 0. The van der Waals surface area contributed by atoms with Crippen LogP contribution in [-0.2, 0) is 0 Å². The van der Waals surface area contributed by atoms with Crippen molar-refractivity contribution in [1.82, 2.24) is 0 Å². The van der Waals surface area contributed by atoms with Gasteiger partial charge in [-0.2, -0.15) is 5.10 Å². The third-order valence-electron chi connectivity index (χ3n) is 3.02. The number of fused-ring (bicyclic) bond motifs is 1. The van der Waals surface area contributed by atoms with Crippen molar-refractivity contribution < 1.29 is 22.5 Å². The minimum atomic E-state index is 0. The zero-order valence-electron chi connectivity index (χ0n) is 11.1. The van der Waals surface area contributed by atoms with Crippen LogP contribution in [0.15, 0.2) is 65.9 Å². The van der Waals surface area contributed by atoms with Crippen LogP contribution in [-0.4, -0.2) is 11.3 Å². The number of anilines is 1. The Kier molecular flexibility index (Phi) is 4.74. The number of hydrogen-bond acceptors (Lipinski definition) is 3. The average Bonchev–Trinajstić information content (AvgIpc) is 2.49. The lowest BCUT2D eigenvalue weighted by Gasteiger charge is -2.01. The molecule has 0 atom stereocenters. The lowest BCUT2D eigenvalue weighted by Crippen LogP contribution is -3.00. The Morgan fingerprint density at radius 3 is 2.67 bits per heavy atom. The normalized spacial score (nSPS) is 10.5. The van der Waals surface area contributed by atoms with Crippen molar-refractivity contribution in [3.05, 3.63) is 66.4 Å². The van der Waals surface area contributed by atoms with Gasteiger partial charge in [0.1, 0.15) is 11.4 Å².